The minimum absolute atomic E-state index is 0.499. The summed E-state index contributed by atoms with van der Waals surface area (Å²) in [7, 11) is 0. The molecule has 2 nitrogen and oxygen atoms in total. The second-order valence-electron chi connectivity index (χ2n) is 7.16. The van der Waals surface area contributed by atoms with E-state index in [-0.39, 0.29) is 0 Å². The number of hydrogen-bond acceptors (Lipinski definition) is 2. The van der Waals surface area contributed by atoms with E-state index in [0.29, 0.717) is 5.70 Å². The molecule has 4 rings (SSSR count). The van der Waals surface area contributed by atoms with Crippen molar-refractivity contribution < 1.29 is 0 Å². The maximum Gasteiger partial charge on any atom is 0.0713 e. The molecule has 0 unspecified atom stereocenters. The number of allylic oxidation sites excluding steroid dienone is 5. The number of benzene rings is 3. The van der Waals surface area contributed by atoms with Gasteiger partial charge >= 0.3 is 0 Å². The molecule has 0 bridgehead atoms. The Kier molecular flexibility index (Phi) is 4.69. The molecule has 0 atom stereocenters. The highest BCUT2D eigenvalue weighted by molar-refractivity contribution is 5.86. The van der Waals surface area contributed by atoms with Gasteiger partial charge in [0.1, 0.15) is 0 Å². The van der Waals surface area contributed by atoms with Crippen LogP contribution >= 0.6 is 0 Å². The van der Waals surface area contributed by atoms with Gasteiger partial charge in [-0.25, -0.2) is 0 Å². The fourth-order valence-corrected chi connectivity index (χ4v) is 4.36. The molecular weight excluding hydrogens is 352 g/mol. The van der Waals surface area contributed by atoms with Crippen LogP contribution in [0.4, 0.5) is 5.69 Å². The third kappa shape index (κ3) is 2.81. The zero-order valence-electron chi connectivity index (χ0n) is 16.3. The normalized spacial score (nSPS) is 14.8. The summed E-state index contributed by atoms with van der Waals surface area (Å²) in [4.78, 5) is 0. The molecule has 4 N–H and O–H groups in total. The minimum Gasteiger partial charge on any atom is -0.399 e. The van der Waals surface area contributed by atoms with Crippen LogP contribution in [0.25, 0.3) is 11.1 Å². The van der Waals surface area contributed by atoms with E-state index in [1.807, 2.05) is 30.4 Å². The predicted octanol–water partition coefficient (Wildman–Crippen LogP) is 5.72. The number of nitrogen functional groups attached to an aromatic ring is 1. The summed E-state index contributed by atoms with van der Waals surface area (Å²) in [5, 5.41) is 0. The van der Waals surface area contributed by atoms with Crippen LogP contribution in [0.5, 0.6) is 0 Å². The second-order valence-corrected chi connectivity index (χ2v) is 7.16. The van der Waals surface area contributed by atoms with E-state index in [1.165, 1.54) is 22.3 Å². The van der Waals surface area contributed by atoms with E-state index in [4.69, 9.17) is 11.5 Å². The molecule has 0 saturated heterocycles. The highest BCUT2D eigenvalue weighted by atomic mass is 14.6. The van der Waals surface area contributed by atoms with E-state index in [2.05, 4.69) is 73.8 Å². The van der Waals surface area contributed by atoms with Crippen molar-refractivity contribution in [3.63, 3.8) is 0 Å². The molecule has 0 aromatic heterocycles. The van der Waals surface area contributed by atoms with Crippen molar-refractivity contribution in [2.75, 3.05) is 5.73 Å². The molecule has 0 amide bonds. The van der Waals surface area contributed by atoms with Gasteiger partial charge < -0.3 is 11.5 Å². The van der Waals surface area contributed by atoms with Gasteiger partial charge in [0, 0.05) is 11.4 Å². The summed E-state index contributed by atoms with van der Waals surface area (Å²) in [6.45, 7) is 7.91. The van der Waals surface area contributed by atoms with Crippen LogP contribution in [-0.2, 0) is 5.41 Å². The van der Waals surface area contributed by atoms with Gasteiger partial charge in [-0.2, -0.15) is 0 Å². The number of anilines is 1. The lowest BCUT2D eigenvalue weighted by Crippen LogP contribution is -2.29. The van der Waals surface area contributed by atoms with Crippen molar-refractivity contribution >= 4 is 5.69 Å². The average Bonchev–Trinajstić information content (AvgIpc) is 3.06. The van der Waals surface area contributed by atoms with Gasteiger partial charge in [-0.3, -0.25) is 0 Å². The second kappa shape index (κ2) is 7.33. The quantitative estimate of drug-likeness (QED) is 0.442. The van der Waals surface area contributed by atoms with E-state index in [9.17, 15) is 0 Å². The van der Waals surface area contributed by atoms with Gasteiger partial charge in [0.2, 0.25) is 0 Å². The molecule has 1 aliphatic rings. The van der Waals surface area contributed by atoms with E-state index in [1.54, 1.807) is 6.08 Å². The Bertz CT molecular complexity index is 1100. The molecule has 29 heavy (non-hydrogen) atoms. The van der Waals surface area contributed by atoms with Crippen LogP contribution in [0.2, 0.25) is 0 Å². The molecular formula is C27H24N2. The largest absolute Gasteiger partial charge is 0.399 e. The zero-order valence-corrected chi connectivity index (χ0v) is 16.3. The lowest BCUT2D eigenvalue weighted by molar-refractivity contribution is 0.767. The van der Waals surface area contributed by atoms with E-state index >= 15 is 0 Å². The van der Waals surface area contributed by atoms with Crippen LogP contribution < -0.4 is 11.5 Å². The smallest absolute Gasteiger partial charge is 0.0713 e. The Labute approximate surface area is 172 Å². The summed E-state index contributed by atoms with van der Waals surface area (Å²) in [6, 6.07) is 25.2. The number of nitrogens with two attached hydrogens (primary N) is 2. The first-order valence-electron chi connectivity index (χ1n) is 9.61. The topological polar surface area (TPSA) is 52.0 Å². The maximum absolute atomic E-state index is 6.01. The first-order valence-corrected chi connectivity index (χ1v) is 9.61. The van der Waals surface area contributed by atoms with Gasteiger partial charge in [-0.15, -0.1) is 0 Å². The summed E-state index contributed by atoms with van der Waals surface area (Å²) in [5.41, 5.74) is 20.0. The van der Waals surface area contributed by atoms with Crippen molar-refractivity contribution in [1.29, 1.82) is 0 Å². The van der Waals surface area contributed by atoms with Gasteiger partial charge in [0.05, 0.1) is 5.41 Å². The first kappa shape index (κ1) is 18.6. The number of fused-ring (bicyclic) bond motifs is 3. The van der Waals surface area contributed by atoms with Crippen LogP contribution in [0.15, 0.2) is 122 Å². The molecule has 0 saturated carbocycles. The zero-order chi connectivity index (χ0) is 20.4. The standard InChI is InChI=1S/C27H24N2/c1-3-19(13-16-21(28)4-2)27(20-14-17-22(29)18-15-20)25-11-7-5-9-23(25)24-10-6-8-12-26(24)27/h3-18H,1-2,28-29H2/b19-13+,21-16+. The Hall–Kier alpha value is -3.78. The Morgan fingerprint density at radius 3 is 1.79 bits per heavy atom. The molecule has 0 spiro atoms. The molecule has 0 heterocycles. The Balaban J connectivity index is 2.14. The van der Waals surface area contributed by atoms with Crippen LogP contribution in [0.1, 0.15) is 16.7 Å². The summed E-state index contributed by atoms with van der Waals surface area (Å²) >= 11 is 0. The Morgan fingerprint density at radius 2 is 1.28 bits per heavy atom. The molecule has 0 radical (unpaired) electrons. The van der Waals surface area contributed by atoms with E-state index in [0.717, 1.165) is 16.8 Å². The molecule has 0 fully saturated rings. The lowest BCUT2D eigenvalue weighted by atomic mass is 9.67. The van der Waals surface area contributed by atoms with Crippen molar-refractivity contribution in [2.45, 2.75) is 5.41 Å². The predicted molar refractivity (Wildman–Crippen MR) is 123 cm³/mol. The molecule has 0 aliphatic heterocycles. The molecule has 1 aliphatic carbocycles. The van der Waals surface area contributed by atoms with Gasteiger partial charge in [0.25, 0.3) is 0 Å². The third-order valence-electron chi connectivity index (χ3n) is 5.64. The number of hydrogen-bond donors (Lipinski definition) is 2. The Morgan fingerprint density at radius 1 is 0.724 bits per heavy atom. The molecule has 142 valence electrons. The van der Waals surface area contributed by atoms with Crippen LogP contribution in [-0.4, -0.2) is 0 Å². The summed E-state index contributed by atoms with van der Waals surface area (Å²) in [5.74, 6) is 0. The molecule has 2 heteroatoms. The average molecular weight is 377 g/mol. The lowest BCUT2D eigenvalue weighted by Gasteiger charge is -2.34. The maximum atomic E-state index is 6.01. The van der Waals surface area contributed by atoms with Crippen LogP contribution in [0, 0.1) is 0 Å². The molecule has 3 aromatic rings. The number of rotatable bonds is 5. The van der Waals surface area contributed by atoms with Crippen molar-refractivity contribution in [2.24, 2.45) is 5.73 Å². The van der Waals surface area contributed by atoms with Crippen molar-refractivity contribution in [3.8, 4) is 11.1 Å². The van der Waals surface area contributed by atoms with Gasteiger partial charge in [-0.1, -0.05) is 86.0 Å². The monoisotopic (exact) mass is 376 g/mol. The van der Waals surface area contributed by atoms with E-state index < -0.39 is 5.41 Å². The SMILES string of the molecule is C=C/C(N)=C\C=C(/C=C)C1(c2ccc(N)cc2)c2ccccc2-c2ccccc21. The van der Waals surface area contributed by atoms with Crippen LogP contribution in [0.3, 0.4) is 0 Å². The van der Waals surface area contributed by atoms with Crippen molar-refractivity contribution in [3.05, 3.63) is 138 Å². The molecule has 3 aromatic carbocycles. The highest BCUT2D eigenvalue weighted by Crippen LogP contribution is 2.56. The third-order valence-corrected chi connectivity index (χ3v) is 5.64. The van der Waals surface area contributed by atoms with Crippen molar-refractivity contribution in [1.82, 2.24) is 0 Å². The minimum atomic E-state index is -0.499. The fraction of sp³-hybridized carbons (Fsp3) is 0.0370. The highest BCUT2D eigenvalue weighted by Gasteiger charge is 2.46. The fourth-order valence-electron chi connectivity index (χ4n) is 4.36. The summed E-state index contributed by atoms with van der Waals surface area (Å²) in [6.07, 6.45) is 7.48. The van der Waals surface area contributed by atoms with Gasteiger partial charge in [-0.05, 0) is 57.7 Å². The summed E-state index contributed by atoms with van der Waals surface area (Å²) < 4.78 is 0. The van der Waals surface area contributed by atoms with Gasteiger partial charge in [0.15, 0.2) is 0 Å². The first-order chi connectivity index (χ1) is 14.1.